The minimum absolute atomic E-state index is 0.204. The highest BCUT2D eigenvalue weighted by molar-refractivity contribution is 5.69. The smallest absolute Gasteiger partial charge is 0.306 e. The Labute approximate surface area is 160 Å². The topological polar surface area (TPSA) is 55.8 Å². The van der Waals surface area contributed by atoms with Gasteiger partial charge in [-0.3, -0.25) is 4.79 Å². The van der Waals surface area contributed by atoms with E-state index < -0.39 is 6.10 Å². The summed E-state index contributed by atoms with van der Waals surface area (Å²) in [4.78, 5) is 11.6. The second-order valence-corrected chi connectivity index (χ2v) is 6.38. The van der Waals surface area contributed by atoms with Crippen LogP contribution in [0, 0.1) is 0 Å². The van der Waals surface area contributed by atoms with Crippen LogP contribution in [0.25, 0.3) is 0 Å². The zero-order valence-corrected chi connectivity index (χ0v) is 16.7. The SMILES string of the molecule is CCCCC/C=C\C/C=C\C/C=C\CCCCC(=O)OC(CO)COC. The summed E-state index contributed by atoms with van der Waals surface area (Å²) in [5.41, 5.74) is 0. The van der Waals surface area contributed by atoms with Crippen LogP contribution in [0.1, 0.15) is 71.1 Å². The number of esters is 1. The molecule has 1 atom stereocenters. The van der Waals surface area contributed by atoms with Crippen LogP contribution in [-0.4, -0.2) is 37.5 Å². The van der Waals surface area contributed by atoms with Gasteiger partial charge in [0.2, 0.25) is 0 Å². The van der Waals surface area contributed by atoms with E-state index in [1.165, 1.54) is 32.8 Å². The van der Waals surface area contributed by atoms with Gasteiger partial charge in [0, 0.05) is 13.5 Å². The lowest BCUT2D eigenvalue weighted by Gasteiger charge is -2.14. The number of carbonyl (C=O) groups excluding carboxylic acids is 1. The van der Waals surface area contributed by atoms with Gasteiger partial charge >= 0.3 is 5.97 Å². The number of allylic oxidation sites excluding steroid dienone is 6. The molecule has 4 heteroatoms. The Morgan fingerprint density at radius 3 is 2.04 bits per heavy atom. The van der Waals surface area contributed by atoms with Crippen molar-refractivity contribution in [2.75, 3.05) is 20.3 Å². The molecule has 0 saturated heterocycles. The molecule has 0 aromatic rings. The Bertz CT molecular complexity index is 399. The molecule has 150 valence electrons. The molecule has 0 aliphatic heterocycles. The first kappa shape index (κ1) is 24.6. The lowest BCUT2D eigenvalue weighted by molar-refractivity contribution is -0.154. The highest BCUT2D eigenvalue weighted by atomic mass is 16.6. The fraction of sp³-hybridized carbons (Fsp3) is 0.682. The molecule has 4 nitrogen and oxygen atoms in total. The maximum Gasteiger partial charge on any atom is 0.306 e. The lowest BCUT2D eigenvalue weighted by Crippen LogP contribution is -2.26. The van der Waals surface area contributed by atoms with E-state index in [9.17, 15) is 4.79 Å². The van der Waals surface area contributed by atoms with E-state index in [1.807, 2.05) is 0 Å². The number of rotatable bonds is 17. The summed E-state index contributed by atoms with van der Waals surface area (Å²) in [6.45, 7) is 2.25. The summed E-state index contributed by atoms with van der Waals surface area (Å²) >= 11 is 0. The number of hydrogen-bond donors (Lipinski definition) is 1. The summed E-state index contributed by atoms with van der Waals surface area (Å²) in [5.74, 6) is -0.268. The second kappa shape index (κ2) is 19.9. The highest BCUT2D eigenvalue weighted by Crippen LogP contribution is 2.05. The van der Waals surface area contributed by atoms with Crippen LogP contribution in [0.4, 0.5) is 0 Å². The largest absolute Gasteiger partial charge is 0.457 e. The van der Waals surface area contributed by atoms with Gasteiger partial charge in [-0.25, -0.2) is 0 Å². The van der Waals surface area contributed by atoms with Crippen molar-refractivity contribution in [3.05, 3.63) is 36.5 Å². The average Bonchev–Trinajstić information content (AvgIpc) is 2.64. The molecule has 0 aromatic heterocycles. The molecule has 1 unspecified atom stereocenters. The Morgan fingerprint density at radius 1 is 0.923 bits per heavy atom. The van der Waals surface area contributed by atoms with E-state index in [4.69, 9.17) is 14.6 Å². The molecule has 0 aliphatic carbocycles. The number of unbranched alkanes of at least 4 members (excludes halogenated alkanes) is 5. The fourth-order valence-electron chi connectivity index (χ4n) is 2.38. The van der Waals surface area contributed by atoms with Crippen LogP contribution in [0.15, 0.2) is 36.5 Å². The van der Waals surface area contributed by atoms with Gasteiger partial charge in [-0.1, -0.05) is 56.2 Å². The van der Waals surface area contributed by atoms with Gasteiger partial charge in [0.15, 0.2) is 0 Å². The van der Waals surface area contributed by atoms with Gasteiger partial charge < -0.3 is 14.6 Å². The van der Waals surface area contributed by atoms with Gasteiger partial charge in [0.05, 0.1) is 13.2 Å². The molecule has 0 spiro atoms. The van der Waals surface area contributed by atoms with Crippen LogP contribution >= 0.6 is 0 Å². The molecule has 0 aliphatic rings. The van der Waals surface area contributed by atoms with Crippen molar-refractivity contribution in [2.45, 2.75) is 77.2 Å². The predicted octanol–water partition coefficient (Wildman–Crippen LogP) is 5.13. The summed E-state index contributed by atoms with van der Waals surface area (Å²) in [6.07, 6.45) is 22.9. The van der Waals surface area contributed by atoms with Crippen molar-refractivity contribution in [2.24, 2.45) is 0 Å². The van der Waals surface area contributed by atoms with Crippen LogP contribution < -0.4 is 0 Å². The van der Waals surface area contributed by atoms with Crippen LogP contribution in [0.2, 0.25) is 0 Å². The zero-order chi connectivity index (χ0) is 19.3. The number of aliphatic hydroxyl groups excluding tert-OH is 1. The minimum atomic E-state index is -0.551. The monoisotopic (exact) mass is 366 g/mol. The number of hydrogen-bond acceptors (Lipinski definition) is 4. The number of carbonyl (C=O) groups is 1. The van der Waals surface area contributed by atoms with Crippen LogP contribution in [0.3, 0.4) is 0 Å². The average molecular weight is 367 g/mol. The first-order chi connectivity index (χ1) is 12.7. The molecule has 0 saturated carbocycles. The third-order valence-corrected chi connectivity index (χ3v) is 3.87. The van der Waals surface area contributed by atoms with E-state index >= 15 is 0 Å². The van der Waals surface area contributed by atoms with E-state index in [1.54, 1.807) is 0 Å². The van der Waals surface area contributed by atoms with Crippen molar-refractivity contribution >= 4 is 5.97 Å². The molecule has 0 bridgehead atoms. The maximum atomic E-state index is 11.6. The van der Waals surface area contributed by atoms with E-state index in [-0.39, 0.29) is 19.2 Å². The van der Waals surface area contributed by atoms with Crippen molar-refractivity contribution in [1.29, 1.82) is 0 Å². The van der Waals surface area contributed by atoms with Gasteiger partial charge in [0.1, 0.15) is 6.10 Å². The molecule has 0 fully saturated rings. The van der Waals surface area contributed by atoms with Crippen LogP contribution in [0.5, 0.6) is 0 Å². The normalized spacial score (nSPS) is 13.2. The molecule has 0 aromatic carbocycles. The van der Waals surface area contributed by atoms with Gasteiger partial charge in [-0.2, -0.15) is 0 Å². The van der Waals surface area contributed by atoms with Crippen molar-refractivity contribution < 1.29 is 19.4 Å². The quantitative estimate of drug-likeness (QED) is 0.220. The molecule has 0 amide bonds. The standard InChI is InChI=1S/C22H38O4/c1-3-4-5-6-7-8-9-10-11-12-13-14-15-16-17-18-22(24)26-21(19-23)20-25-2/h7-8,10-11,13-14,21,23H,3-6,9,12,15-20H2,1-2H3/b8-7-,11-10-,14-13-. The Balaban J connectivity index is 3.52. The summed E-state index contributed by atoms with van der Waals surface area (Å²) in [6, 6.07) is 0. The van der Waals surface area contributed by atoms with Gasteiger partial charge in [-0.15, -0.1) is 0 Å². The maximum absolute atomic E-state index is 11.6. The first-order valence-corrected chi connectivity index (χ1v) is 9.98. The zero-order valence-electron chi connectivity index (χ0n) is 16.7. The third kappa shape index (κ3) is 17.4. The summed E-state index contributed by atoms with van der Waals surface area (Å²) < 4.78 is 9.98. The van der Waals surface area contributed by atoms with Crippen molar-refractivity contribution in [1.82, 2.24) is 0 Å². The fourth-order valence-corrected chi connectivity index (χ4v) is 2.38. The molecule has 0 radical (unpaired) electrons. The van der Waals surface area contributed by atoms with E-state index in [0.717, 1.165) is 32.1 Å². The second-order valence-electron chi connectivity index (χ2n) is 6.38. The van der Waals surface area contributed by atoms with E-state index in [0.29, 0.717) is 6.42 Å². The molecule has 1 N–H and O–H groups in total. The van der Waals surface area contributed by atoms with Gasteiger partial charge in [0.25, 0.3) is 0 Å². The highest BCUT2D eigenvalue weighted by Gasteiger charge is 2.12. The first-order valence-electron chi connectivity index (χ1n) is 9.98. The lowest BCUT2D eigenvalue weighted by atomic mass is 10.1. The summed E-state index contributed by atoms with van der Waals surface area (Å²) in [7, 11) is 1.52. The predicted molar refractivity (Wildman–Crippen MR) is 108 cm³/mol. The number of aliphatic hydroxyl groups is 1. The van der Waals surface area contributed by atoms with Crippen molar-refractivity contribution in [3.63, 3.8) is 0 Å². The Morgan fingerprint density at radius 2 is 1.50 bits per heavy atom. The van der Waals surface area contributed by atoms with Crippen molar-refractivity contribution in [3.8, 4) is 0 Å². The summed E-state index contributed by atoms with van der Waals surface area (Å²) in [5, 5.41) is 9.03. The molecule has 0 rings (SSSR count). The van der Waals surface area contributed by atoms with Gasteiger partial charge in [-0.05, 0) is 44.9 Å². The minimum Gasteiger partial charge on any atom is -0.457 e. The Hall–Kier alpha value is -1.39. The number of ether oxygens (including phenoxy) is 2. The van der Waals surface area contributed by atoms with Crippen LogP contribution in [-0.2, 0) is 14.3 Å². The Kier molecular flexibility index (Phi) is 18.9. The number of methoxy groups -OCH3 is 1. The molecule has 26 heavy (non-hydrogen) atoms. The third-order valence-electron chi connectivity index (χ3n) is 3.87. The molecule has 0 heterocycles. The molecular weight excluding hydrogens is 328 g/mol. The molecular formula is C22H38O4. The van der Waals surface area contributed by atoms with E-state index in [2.05, 4.69) is 43.4 Å².